The second kappa shape index (κ2) is 6.14. The average Bonchev–Trinajstić information content (AvgIpc) is 3.47. The predicted octanol–water partition coefficient (Wildman–Crippen LogP) is 2.27. The molecule has 2 bridgehead atoms. The van der Waals surface area contributed by atoms with Gasteiger partial charge < -0.3 is 9.47 Å². The number of fused-ring (bicyclic) bond motifs is 1. The Morgan fingerprint density at radius 3 is 2.16 bits per heavy atom. The SMILES string of the molecule is COC(=O)[C@@H]1[C@@H]2C=C[C@@H]([C@@H]3C[C@H]23)[C@@H]1C(=O)OCC(=O)c1ccccc1. The van der Waals surface area contributed by atoms with E-state index in [1.165, 1.54) is 7.11 Å². The molecule has 0 aliphatic heterocycles. The van der Waals surface area contributed by atoms with Crippen LogP contribution in [0.4, 0.5) is 0 Å². The number of Topliss-reactive ketones (excluding diaryl/α,β-unsaturated/α-hetero) is 1. The third-order valence-corrected chi connectivity index (χ3v) is 5.84. The first kappa shape index (κ1) is 16.1. The lowest BCUT2D eigenvalue weighted by Crippen LogP contribution is -2.47. The van der Waals surface area contributed by atoms with Crippen LogP contribution in [0.5, 0.6) is 0 Å². The molecule has 0 spiro atoms. The third kappa shape index (κ3) is 2.68. The van der Waals surface area contributed by atoms with Gasteiger partial charge in [-0.25, -0.2) is 0 Å². The van der Waals surface area contributed by atoms with Crippen LogP contribution in [-0.4, -0.2) is 31.4 Å². The van der Waals surface area contributed by atoms with Crippen molar-refractivity contribution in [1.29, 1.82) is 0 Å². The van der Waals surface area contributed by atoms with Gasteiger partial charge in [0, 0.05) is 5.56 Å². The fourth-order valence-electron chi connectivity index (χ4n) is 4.60. The first-order chi connectivity index (χ1) is 12.1. The zero-order valence-electron chi connectivity index (χ0n) is 14.0. The van der Waals surface area contributed by atoms with Gasteiger partial charge in [0.25, 0.3) is 0 Å². The Morgan fingerprint density at radius 2 is 1.56 bits per heavy atom. The Bertz CT molecular complexity index is 738. The normalized spacial score (nSPS) is 34.1. The standard InChI is InChI=1S/C20H20O5/c1-24-19(22)17-12-7-8-13(15-9-14(12)15)18(17)20(23)25-10-16(21)11-5-3-2-4-6-11/h2-8,12-15,17-18H,9-10H2,1H3/t12-,13+,14-,15+,17-,18+/m1/s1. The number of hydrogen-bond donors (Lipinski definition) is 0. The van der Waals surface area contributed by atoms with Crippen LogP contribution in [-0.2, 0) is 19.1 Å². The van der Waals surface area contributed by atoms with Gasteiger partial charge >= 0.3 is 11.9 Å². The number of ether oxygens (including phenoxy) is 2. The Balaban J connectivity index is 1.48. The molecule has 0 radical (unpaired) electrons. The largest absolute Gasteiger partial charge is 0.469 e. The van der Waals surface area contributed by atoms with E-state index in [4.69, 9.17) is 9.47 Å². The minimum Gasteiger partial charge on any atom is -0.469 e. The number of carbonyl (C=O) groups is 3. The summed E-state index contributed by atoms with van der Waals surface area (Å²) in [6, 6.07) is 8.73. The Hall–Kier alpha value is -2.43. The van der Waals surface area contributed by atoms with Crippen LogP contribution in [0.15, 0.2) is 42.5 Å². The predicted molar refractivity (Wildman–Crippen MR) is 88.4 cm³/mol. The summed E-state index contributed by atoms with van der Waals surface area (Å²) in [4.78, 5) is 37.1. The van der Waals surface area contributed by atoms with Crippen molar-refractivity contribution in [2.24, 2.45) is 35.5 Å². The van der Waals surface area contributed by atoms with Crippen molar-refractivity contribution in [3.63, 3.8) is 0 Å². The van der Waals surface area contributed by atoms with Crippen LogP contribution in [0.25, 0.3) is 0 Å². The number of benzene rings is 1. The van der Waals surface area contributed by atoms with Crippen molar-refractivity contribution in [2.45, 2.75) is 6.42 Å². The highest BCUT2D eigenvalue weighted by Crippen LogP contribution is 2.63. The molecule has 4 aliphatic carbocycles. The first-order valence-corrected chi connectivity index (χ1v) is 8.63. The molecule has 0 unspecified atom stereocenters. The summed E-state index contributed by atoms with van der Waals surface area (Å²) >= 11 is 0. The molecule has 5 nitrogen and oxygen atoms in total. The van der Waals surface area contributed by atoms with Crippen molar-refractivity contribution in [3.05, 3.63) is 48.0 Å². The number of hydrogen-bond acceptors (Lipinski definition) is 5. The monoisotopic (exact) mass is 340 g/mol. The molecule has 0 aromatic heterocycles. The number of carbonyl (C=O) groups excluding carboxylic acids is 3. The van der Waals surface area contributed by atoms with Crippen LogP contribution in [0.2, 0.25) is 0 Å². The Labute approximate surface area is 146 Å². The van der Waals surface area contributed by atoms with Gasteiger partial charge in [0.2, 0.25) is 0 Å². The molecule has 2 saturated carbocycles. The van der Waals surface area contributed by atoms with Crippen LogP contribution < -0.4 is 0 Å². The summed E-state index contributed by atoms with van der Waals surface area (Å²) in [5, 5.41) is 0. The molecule has 4 aliphatic rings. The van der Waals surface area contributed by atoms with Gasteiger partial charge in [-0.05, 0) is 30.1 Å². The van der Waals surface area contributed by atoms with E-state index < -0.39 is 17.8 Å². The zero-order chi connectivity index (χ0) is 17.6. The molecule has 5 heteroatoms. The minimum atomic E-state index is -0.547. The maximum atomic E-state index is 12.7. The maximum absolute atomic E-state index is 12.7. The Kier molecular flexibility index (Phi) is 3.94. The van der Waals surface area contributed by atoms with Crippen molar-refractivity contribution in [1.82, 2.24) is 0 Å². The summed E-state index contributed by atoms with van der Waals surface area (Å²) < 4.78 is 10.2. The third-order valence-electron chi connectivity index (χ3n) is 5.84. The number of ketones is 1. The fraction of sp³-hybridized carbons (Fsp3) is 0.450. The number of methoxy groups -OCH3 is 1. The molecule has 1 aromatic carbocycles. The van der Waals surface area contributed by atoms with E-state index in [2.05, 4.69) is 6.08 Å². The number of esters is 2. The van der Waals surface area contributed by atoms with Gasteiger partial charge in [-0.2, -0.15) is 0 Å². The molecule has 6 atom stereocenters. The molecule has 1 aromatic rings. The molecule has 25 heavy (non-hydrogen) atoms. The van der Waals surface area contributed by atoms with Gasteiger partial charge in [0.05, 0.1) is 18.9 Å². The van der Waals surface area contributed by atoms with E-state index in [9.17, 15) is 14.4 Å². The molecular weight excluding hydrogens is 320 g/mol. The molecule has 0 N–H and O–H groups in total. The average molecular weight is 340 g/mol. The molecular formula is C20H20O5. The lowest BCUT2D eigenvalue weighted by molar-refractivity contribution is -0.165. The lowest BCUT2D eigenvalue weighted by Gasteiger charge is -2.41. The molecule has 0 saturated heterocycles. The molecule has 5 rings (SSSR count). The summed E-state index contributed by atoms with van der Waals surface area (Å²) in [6.45, 7) is -0.303. The zero-order valence-corrected chi connectivity index (χ0v) is 14.0. The van der Waals surface area contributed by atoms with E-state index in [1.807, 2.05) is 12.1 Å². The van der Waals surface area contributed by atoms with Gasteiger partial charge in [-0.3, -0.25) is 14.4 Å². The van der Waals surface area contributed by atoms with Crippen LogP contribution in [0, 0.1) is 35.5 Å². The maximum Gasteiger partial charge on any atom is 0.310 e. The quantitative estimate of drug-likeness (QED) is 0.467. The van der Waals surface area contributed by atoms with Crippen LogP contribution in [0.3, 0.4) is 0 Å². The van der Waals surface area contributed by atoms with Crippen LogP contribution >= 0.6 is 0 Å². The van der Waals surface area contributed by atoms with Crippen molar-refractivity contribution < 1.29 is 23.9 Å². The molecule has 2 fully saturated rings. The number of rotatable bonds is 5. The minimum absolute atomic E-state index is 0.0124. The van der Waals surface area contributed by atoms with Crippen molar-refractivity contribution >= 4 is 17.7 Å². The van der Waals surface area contributed by atoms with Crippen LogP contribution in [0.1, 0.15) is 16.8 Å². The van der Waals surface area contributed by atoms with Gasteiger partial charge in [-0.1, -0.05) is 42.5 Å². The molecule has 130 valence electrons. The van der Waals surface area contributed by atoms with E-state index in [0.717, 1.165) is 6.42 Å². The topological polar surface area (TPSA) is 69.7 Å². The summed E-state index contributed by atoms with van der Waals surface area (Å²) in [5.74, 6) is -1.12. The van der Waals surface area contributed by atoms with Gasteiger partial charge in [0.1, 0.15) is 0 Å². The highest BCUT2D eigenvalue weighted by molar-refractivity contribution is 5.98. The second-order valence-electron chi connectivity index (χ2n) is 7.07. The van der Waals surface area contributed by atoms with Crippen molar-refractivity contribution in [3.8, 4) is 0 Å². The van der Waals surface area contributed by atoms with Gasteiger partial charge in [-0.15, -0.1) is 0 Å². The lowest BCUT2D eigenvalue weighted by atomic mass is 9.62. The van der Waals surface area contributed by atoms with E-state index >= 15 is 0 Å². The van der Waals surface area contributed by atoms with Gasteiger partial charge in [0.15, 0.2) is 12.4 Å². The highest BCUT2D eigenvalue weighted by atomic mass is 16.5. The smallest absolute Gasteiger partial charge is 0.310 e. The summed E-state index contributed by atoms with van der Waals surface area (Å²) in [6.07, 6.45) is 5.14. The second-order valence-corrected chi connectivity index (χ2v) is 7.07. The van der Waals surface area contributed by atoms with E-state index in [0.29, 0.717) is 17.4 Å². The van der Waals surface area contributed by atoms with E-state index in [1.54, 1.807) is 24.3 Å². The van der Waals surface area contributed by atoms with Crippen molar-refractivity contribution in [2.75, 3.05) is 13.7 Å². The molecule has 0 amide bonds. The highest BCUT2D eigenvalue weighted by Gasteiger charge is 2.63. The molecule has 0 heterocycles. The van der Waals surface area contributed by atoms with E-state index in [-0.39, 0.29) is 30.2 Å². The summed E-state index contributed by atoms with van der Waals surface area (Å²) in [5.41, 5.74) is 0.507. The summed E-state index contributed by atoms with van der Waals surface area (Å²) in [7, 11) is 1.35. The first-order valence-electron chi connectivity index (χ1n) is 8.63. The fourth-order valence-corrected chi connectivity index (χ4v) is 4.60. The number of allylic oxidation sites excluding steroid dienone is 2. The Morgan fingerprint density at radius 1 is 0.960 bits per heavy atom.